The summed E-state index contributed by atoms with van der Waals surface area (Å²) in [6.45, 7) is 0. The van der Waals surface area contributed by atoms with Gasteiger partial charge in [-0.2, -0.15) is 0 Å². The van der Waals surface area contributed by atoms with Gasteiger partial charge in [0.2, 0.25) is 6.10 Å². The van der Waals surface area contributed by atoms with E-state index in [1.165, 1.54) is 4.90 Å². The van der Waals surface area contributed by atoms with Crippen LogP contribution in [0.25, 0.3) is 0 Å². The lowest BCUT2D eigenvalue weighted by molar-refractivity contribution is -0.126. The van der Waals surface area contributed by atoms with Crippen molar-refractivity contribution in [1.29, 1.82) is 0 Å². The second-order valence-corrected chi connectivity index (χ2v) is 5.19. The first-order valence-electron chi connectivity index (χ1n) is 5.81. The van der Waals surface area contributed by atoms with E-state index in [1.54, 1.807) is 19.3 Å². The van der Waals surface area contributed by atoms with Crippen LogP contribution in [0.4, 0.5) is 5.82 Å². The van der Waals surface area contributed by atoms with Crippen molar-refractivity contribution in [2.75, 3.05) is 11.9 Å². The van der Waals surface area contributed by atoms with Gasteiger partial charge in [0.15, 0.2) is 11.6 Å². The number of ether oxygens (including phenoxy) is 1. The van der Waals surface area contributed by atoms with Crippen LogP contribution >= 0.6 is 15.9 Å². The van der Waals surface area contributed by atoms with Crippen LogP contribution in [-0.4, -0.2) is 17.9 Å². The molecule has 3 rings (SSSR count). The molecule has 0 spiro atoms. The SMILES string of the molecule is CN1C(=O)C(c2ccc(Br)cc2)Oc2cccnc21. The van der Waals surface area contributed by atoms with Crippen molar-refractivity contribution in [1.82, 2.24) is 4.98 Å². The number of rotatable bonds is 1. The molecule has 1 aliphatic heterocycles. The fourth-order valence-corrected chi connectivity index (χ4v) is 2.30. The van der Waals surface area contributed by atoms with Gasteiger partial charge in [0.1, 0.15) is 0 Å². The molecule has 1 aromatic carbocycles. The molecule has 1 aliphatic rings. The minimum atomic E-state index is -0.616. The van der Waals surface area contributed by atoms with Gasteiger partial charge in [-0.25, -0.2) is 4.98 Å². The van der Waals surface area contributed by atoms with E-state index in [9.17, 15) is 4.79 Å². The van der Waals surface area contributed by atoms with Gasteiger partial charge in [-0.05, 0) is 24.3 Å². The molecule has 0 fully saturated rings. The van der Waals surface area contributed by atoms with Crippen molar-refractivity contribution in [2.24, 2.45) is 0 Å². The molecule has 2 aromatic rings. The Morgan fingerprint density at radius 3 is 2.74 bits per heavy atom. The van der Waals surface area contributed by atoms with Crippen LogP contribution in [0.2, 0.25) is 0 Å². The maximum atomic E-state index is 12.3. The summed E-state index contributed by atoms with van der Waals surface area (Å²) in [6, 6.07) is 11.2. The predicted octanol–water partition coefficient (Wildman–Crippen LogP) is 2.94. The van der Waals surface area contributed by atoms with E-state index in [1.807, 2.05) is 30.3 Å². The van der Waals surface area contributed by atoms with E-state index in [-0.39, 0.29) is 5.91 Å². The number of likely N-dealkylation sites (N-methyl/N-ethyl adjacent to an activating group) is 1. The Hall–Kier alpha value is -1.88. The standard InChI is InChI=1S/C14H11BrN2O2/c1-17-13-11(3-2-8-16-13)19-12(14(17)18)9-4-6-10(15)7-5-9/h2-8,12H,1H3. The maximum absolute atomic E-state index is 12.3. The molecule has 0 radical (unpaired) electrons. The number of nitrogens with zero attached hydrogens (tertiary/aromatic N) is 2. The van der Waals surface area contributed by atoms with Crippen LogP contribution in [-0.2, 0) is 4.79 Å². The van der Waals surface area contributed by atoms with E-state index in [0.29, 0.717) is 11.6 Å². The number of amides is 1. The molecule has 0 saturated carbocycles. The molecule has 5 heteroatoms. The smallest absolute Gasteiger partial charge is 0.273 e. The minimum Gasteiger partial charge on any atom is -0.472 e. The third-order valence-corrected chi connectivity index (χ3v) is 3.57. The maximum Gasteiger partial charge on any atom is 0.273 e. The first-order valence-corrected chi connectivity index (χ1v) is 6.61. The van der Waals surface area contributed by atoms with Crippen LogP contribution in [0.3, 0.4) is 0 Å². The Labute approximate surface area is 119 Å². The number of halogens is 1. The van der Waals surface area contributed by atoms with Crippen LogP contribution in [0.5, 0.6) is 5.75 Å². The molecule has 0 saturated heterocycles. The third-order valence-electron chi connectivity index (χ3n) is 3.04. The van der Waals surface area contributed by atoms with Gasteiger partial charge in [-0.1, -0.05) is 28.1 Å². The van der Waals surface area contributed by atoms with Gasteiger partial charge in [0.05, 0.1) is 0 Å². The summed E-state index contributed by atoms with van der Waals surface area (Å²) in [7, 11) is 1.71. The lowest BCUT2D eigenvalue weighted by atomic mass is 10.1. The molecule has 0 N–H and O–H groups in total. The van der Waals surface area contributed by atoms with E-state index >= 15 is 0 Å². The number of fused-ring (bicyclic) bond motifs is 1. The van der Waals surface area contributed by atoms with Crippen molar-refractivity contribution in [3.63, 3.8) is 0 Å². The summed E-state index contributed by atoms with van der Waals surface area (Å²) < 4.78 is 6.74. The summed E-state index contributed by atoms with van der Waals surface area (Å²) in [5.41, 5.74) is 0.828. The van der Waals surface area contributed by atoms with Gasteiger partial charge < -0.3 is 4.74 Å². The molecule has 1 atom stereocenters. The largest absolute Gasteiger partial charge is 0.472 e. The van der Waals surface area contributed by atoms with Crippen LogP contribution in [0.1, 0.15) is 11.7 Å². The van der Waals surface area contributed by atoms with Gasteiger partial charge in [-0.3, -0.25) is 9.69 Å². The zero-order valence-corrected chi connectivity index (χ0v) is 11.8. The zero-order valence-electron chi connectivity index (χ0n) is 10.2. The van der Waals surface area contributed by atoms with Crippen LogP contribution in [0, 0.1) is 0 Å². The van der Waals surface area contributed by atoms with Crippen molar-refractivity contribution in [2.45, 2.75) is 6.10 Å². The molecule has 4 nitrogen and oxygen atoms in total. The quantitative estimate of drug-likeness (QED) is 0.812. The molecule has 96 valence electrons. The van der Waals surface area contributed by atoms with Gasteiger partial charge in [-0.15, -0.1) is 0 Å². The van der Waals surface area contributed by atoms with Crippen molar-refractivity contribution in [3.8, 4) is 5.75 Å². The second kappa shape index (κ2) is 4.66. The second-order valence-electron chi connectivity index (χ2n) is 4.27. The first kappa shape index (κ1) is 12.2. The molecule has 19 heavy (non-hydrogen) atoms. The Kier molecular flexibility index (Phi) is 2.98. The van der Waals surface area contributed by atoms with E-state index in [0.717, 1.165) is 10.0 Å². The Morgan fingerprint density at radius 2 is 2.00 bits per heavy atom. The fraction of sp³-hybridized carbons (Fsp3) is 0.143. The molecule has 1 amide bonds. The molecule has 0 aliphatic carbocycles. The highest BCUT2D eigenvalue weighted by atomic mass is 79.9. The summed E-state index contributed by atoms with van der Waals surface area (Å²) in [4.78, 5) is 18.0. The third kappa shape index (κ3) is 2.10. The Bertz CT molecular complexity index is 628. The number of carbonyl (C=O) groups excluding carboxylic acids is 1. The molecular formula is C14H11BrN2O2. The minimum absolute atomic E-state index is 0.117. The van der Waals surface area contributed by atoms with E-state index in [4.69, 9.17) is 4.74 Å². The predicted molar refractivity (Wildman–Crippen MR) is 75.2 cm³/mol. The number of benzene rings is 1. The number of hydrogen-bond donors (Lipinski definition) is 0. The highest BCUT2D eigenvalue weighted by molar-refractivity contribution is 9.10. The number of carbonyl (C=O) groups is 1. The first-order chi connectivity index (χ1) is 9.16. The van der Waals surface area contributed by atoms with Crippen molar-refractivity contribution < 1.29 is 9.53 Å². The molecule has 0 bridgehead atoms. The lowest BCUT2D eigenvalue weighted by Crippen LogP contribution is -2.38. The summed E-state index contributed by atoms with van der Waals surface area (Å²) >= 11 is 3.38. The topological polar surface area (TPSA) is 42.4 Å². The fourth-order valence-electron chi connectivity index (χ4n) is 2.03. The van der Waals surface area contributed by atoms with Crippen molar-refractivity contribution in [3.05, 3.63) is 52.6 Å². The Balaban J connectivity index is 2.01. The summed E-state index contributed by atoms with van der Waals surface area (Å²) in [5.74, 6) is 1.06. The molecular weight excluding hydrogens is 308 g/mol. The molecule has 2 heterocycles. The number of anilines is 1. The monoisotopic (exact) mass is 318 g/mol. The number of pyridine rings is 1. The highest BCUT2D eigenvalue weighted by Gasteiger charge is 2.34. The average Bonchev–Trinajstić information content (AvgIpc) is 2.44. The van der Waals surface area contributed by atoms with Gasteiger partial charge >= 0.3 is 0 Å². The lowest BCUT2D eigenvalue weighted by Gasteiger charge is -2.30. The number of hydrogen-bond acceptors (Lipinski definition) is 3. The number of aromatic nitrogens is 1. The summed E-state index contributed by atoms with van der Waals surface area (Å²) in [5, 5.41) is 0. The van der Waals surface area contributed by atoms with Gasteiger partial charge in [0, 0.05) is 23.3 Å². The van der Waals surface area contributed by atoms with E-state index < -0.39 is 6.10 Å². The molecule has 1 unspecified atom stereocenters. The normalized spacial score (nSPS) is 17.9. The highest BCUT2D eigenvalue weighted by Crippen LogP contribution is 2.36. The van der Waals surface area contributed by atoms with Crippen LogP contribution < -0.4 is 9.64 Å². The van der Waals surface area contributed by atoms with E-state index in [2.05, 4.69) is 20.9 Å². The van der Waals surface area contributed by atoms with Gasteiger partial charge in [0.25, 0.3) is 5.91 Å². The Morgan fingerprint density at radius 1 is 1.26 bits per heavy atom. The average molecular weight is 319 g/mol. The van der Waals surface area contributed by atoms with Crippen molar-refractivity contribution >= 4 is 27.7 Å². The zero-order chi connectivity index (χ0) is 13.4. The van der Waals surface area contributed by atoms with Crippen LogP contribution in [0.15, 0.2) is 47.1 Å². The molecule has 1 aromatic heterocycles. The summed E-state index contributed by atoms with van der Waals surface area (Å²) in [6.07, 6.45) is 1.03.